The van der Waals surface area contributed by atoms with E-state index >= 15 is 4.39 Å². The molecule has 0 saturated heterocycles. The third kappa shape index (κ3) is 4.97. The fourth-order valence-electron chi connectivity index (χ4n) is 3.69. The maximum absolute atomic E-state index is 15.3. The molecule has 0 radical (unpaired) electrons. The molecule has 4 rings (SSSR count). The van der Waals surface area contributed by atoms with Gasteiger partial charge < -0.3 is 9.88 Å². The molecule has 2 heterocycles. The molecular formula is C24H22F2IN5O4S. The summed E-state index contributed by atoms with van der Waals surface area (Å²) in [6.07, 6.45) is 0. The van der Waals surface area contributed by atoms with Gasteiger partial charge in [0.15, 0.2) is 0 Å². The molecule has 9 nitrogen and oxygen atoms in total. The summed E-state index contributed by atoms with van der Waals surface area (Å²) >= 11 is 1.92. The van der Waals surface area contributed by atoms with E-state index in [2.05, 4.69) is 15.1 Å². The highest BCUT2D eigenvalue weighted by atomic mass is 127. The van der Waals surface area contributed by atoms with Crippen LogP contribution in [0.5, 0.6) is 0 Å². The Labute approximate surface area is 224 Å². The second-order valence-corrected chi connectivity index (χ2v) is 12.1. The molecule has 0 aliphatic heterocycles. The van der Waals surface area contributed by atoms with E-state index in [1.165, 1.54) is 46.1 Å². The molecule has 2 N–H and O–H groups in total. The number of benzene rings is 2. The van der Waals surface area contributed by atoms with Crippen molar-refractivity contribution in [2.75, 3.05) is 10.0 Å². The Morgan fingerprint density at radius 1 is 1.03 bits per heavy atom. The van der Waals surface area contributed by atoms with Crippen LogP contribution in [0.3, 0.4) is 0 Å². The van der Waals surface area contributed by atoms with Gasteiger partial charge in [-0.05, 0) is 66.8 Å². The monoisotopic (exact) mass is 641 g/mol. The maximum Gasteiger partial charge on any atom is 0.289 e. The van der Waals surface area contributed by atoms with Crippen molar-refractivity contribution < 1.29 is 17.2 Å². The van der Waals surface area contributed by atoms with Crippen LogP contribution in [-0.2, 0) is 24.1 Å². The van der Waals surface area contributed by atoms with Gasteiger partial charge in [-0.1, -0.05) is 12.1 Å². The number of halogens is 3. The minimum absolute atomic E-state index is 0.00761. The van der Waals surface area contributed by atoms with Gasteiger partial charge in [0, 0.05) is 28.9 Å². The lowest BCUT2D eigenvalue weighted by atomic mass is 10.1. The van der Waals surface area contributed by atoms with Gasteiger partial charge in [-0.3, -0.25) is 14.3 Å². The third-order valence-electron chi connectivity index (χ3n) is 5.72. The van der Waals surface area contributed by atoms with Crippen LogP contribution in [0, 0.1) is 15.2 Å². The summed E-state index contributed by atoms with van der Waals surface area (Å²) in [6, 6.07) is 10.4. The molecule has 0 saturated carbocycles. The highest BCUT2D eigenvalue weighted by Gasteiger charge is 2.24. The van der Waals surface area contributed by atoms with Gasteiger partial charge >= 0.3 is 0 Å². The number of nitrogens with one attached hydrogen (secondary N) is 2. The predicted octanol–water partition coefficient (Wildman–Crippen LogP) is 4.08. The molecule has 0 aliphatic rings. The Hall–Kier alpha value is -3.33. The minimum atomic E-state index is -3.65. The molecule has 194 valence electrons. The van der Waals surface area contributed by atoms with Gasteiger partial charge in [-0.2, -0.15) is 9.49 Å². The van der Waals surface area contributed by atoms with Crippen LogP contribution in [0.2, 0.25) is 0 Å². The van der Waals surface area contributed by atoms with Gasteiger partial charge in [0.2, 0.25) is 15.8 Å². The Morgan fingerprint density at radius 3 is 2.38 bits per heavy atom. The molecule has 0 atom stereocenters. The van der Waals surface area contributed by atoms with Gasteiger partial charge in [0.25, 0.3) is 11.1 Å². The lowest BCUT2D eigenvalue weighted by Crippen LogP contribution is -2.29. The van der Waals surface area contributed by atoms with Gasteiger partial charge in [0.05, 0.1) is 27.5 Å². The molecule has 0 bridgehead atoms. The third-order valence-corrected chi connectivity index (χ3v) is 8.16. The van der Waals surface area contributed by atoms with E-state index < -0.39 is 43.7 Å². The molecule has 37 heavy (non-hydrogen) atoms. The van der Waals surface area contributed by atoms with Crippen molar-refractivity contribution >= 4 is 60.6 Å². The highest BCUT2D eigenvalue weighted by molar-refractivity contribution is 14.1. The Kier molecular flexibility index (Phi) is 7.12. The number of nitrogens with zero attached hydrogens (tertiary/aromatic N) is 3. The van der Waals surface area contributed by atoms with Crippen LogP contribution < -0.4 is 21.2 Å². The molecule has 0 amide bonds. The average molecular weight is 641 g/mol. The highest BCUT2D eigenvalue weighted by Crippen LogP contribution is 2.32. The summed E-state index contributed by atoms with van der Waals surface area (Å²) < 4.78 is 59.6. The van der Waals surface area contributed by atoms with E-state index in [4.69, 9.17) is 0 Å². The van der Waals surface area contributed by atoms with E-state index in [-0.39, 0.29) is 28.0 Å². The van der Waals surface area contributed by atoms with Crippen molar-refractivity contribution in [2.24, 2.45) is 14.1 Å². The van der Waals surface area contributed by atoms with Gasteiger partial charge in [-0.25, -0.2) is 17.5 Å². The summed E-state index contributed by atoms with van der Waals surface area (Å²) in [5.74, 6) is -1.96. The lowest BCUT2D eigenvalue weighted by Gasteiger charge is -2.17. The molecule has 0 unspecified atom stereocenters. The molecule has 0 spiro atoms. The van der Waals surface area contributed by atoms with Gasteiger partial charge in [0.1, 0.15) is 11.5 Å². The van der Waals surface area contributed by atoms with Crippen molar-refractivity contribution in [1.29, 1.82) is 0 Å². The van der Waals surface area contributed by atoms with E-state index in [1.54, 1.807) is 24.3 Å². The first kappa shape index (κ1) is 26.7. The van der Waals surface area contributed by atoms with Gasteiger partial charge in [-0.15, -0.1) is 0 Å². The van der Waals surface area contributed by atoms with Crippen molar-refractivity contribution in [3.8, 4) is 11.3 Å². The zero-order valence-electron chi connectivity index (χ0n) is 20.1. The molecule has 2 aromatic heterocycles. The fraction of sp³-hybridized carbons (Fsp3) is 0.208. The Morgan fingerprint density at radius 2 is 1.73 bits per heavy atom. The summed E-state index contributed by atoms with van der Waals surface area (Å²) in [5.41, 5.74) is -1.69. The number of hydrogen-bond acceptors (Lipinski definition) is 6. The van der Waals surface area contributed by atoms with Crippen molar-refractivity contribution in [1.82, 2.24) is 14.3 Å². The summed E-state index contributed by atoms with van der Waals surface area (Å²) in [6.45, 7) is 3.06. The van der Waals surface area contributed by atoms with Crippen LogP contribution in [0.25, 0.3) is 22.2 Å². The van der Waals surface area contributed by atoms with E-state index in [0.29, 0.717) is 9.13 Å². The molecule has 4 aromatic rings. The quantitative estimate of drug-likeness (QED) is 0.307. The smallest absolute Gasteiger partial charge is 0.289 e. The standard InChI is InChI=1S/C24H22F2IN5O4S/c1-12(2)37(35,36)30-15-7-5-6-13(10-15)20-22-18(23(33)32(4)29-20)21(19(26)24(34)31(22)3)28-17-9-8-14(27)11-16(17)25/h5-12,28,30H,1-4H3. The van der Waals surface area contributed by atoms with E-state index in [9.17, 15) is 22.4 Å². The topological polar surface area (TPSA) is 115 Å². The van der Waals surface area contributed by atoms with Crippen LogP contribution >= 0.6 is 22.6 Å². The Bertz CT molecular complexity index is 1790. The second-order valence-electron chi connectivity index (χ2n) is 8.58. The number of rotatable bonds is 6. The van der Waals surface area contributed by atoms with Crippen molar-refractivity contribution in [2.45, 2.75) is 19.1 Å². The number of sulfonamides is 1. The normalized spacial score (nSPS) is 11.8. The summed E-state index contributed by atoms with van der Waals surface area (Å²) in [5, 5.41) is 5.96. The molecule has 0 fully saturated rings. The minimum Gasteiger partial charge on any atom is -0.350 e. The largest absolute Gasteiger partial charge is 0.350 e. The summed E-state index contributed by atoms with van der Waals surface area (Å²) in [4.78, 5) is 26.1. The number of hydrogen-bond donors (Lipinski definition) is 2. The van der Waals surface area contributed by atoms with E-state index in [1.807, 2.05) is 22.6 Å². The second kappa shape index (κ2) is 9.85. The van der Waals surface area contributed by atoms with E-state index in [0.717, 1.165) is 9.25 Å². The average Bonchev–Trinajstić information content (AvgIpc) is 2.83. The molecule has 0 aliphatic carbocycles. The summed E-state index contributed by atoms with van der Waals surface area (Å²) in [7, 11) is -1.01. The number of aryl methyl sites for hydroxylation is 2. The maximum atomic E-state index is 15.3. The number of fused-ring (bicyclic) bond motifs is 1. The SMILES string of the molecule is CC(C)S(=O)(=O)Nc1cccc(-c2nn(C)c(=O)c3c(Nc4ccc(I)cc4F)c(F)c(=O)n(C)c23)c1. The zero-order chi connectivity index (χ0) is 27.2. The Balaban J connectivity index is 2.02. The zero-order valence-corrected chi connectivity index (χ0v) is 23.1. The molecule has 2 aromatic carbocycles. The van der Waals surface area contributed by atoms with Crippen LogP contribution in [-0.4, -0.2) is 28.0 Å². The number of pyridine rings is 1. The first-order valence-corrected chi connectivity index (χ1v) is 13.6. The van der Waals surface area contributed by atoms with Crippen LogP contribution in [0.4, 0.5) is 25.8 Å². The van der Waals surface area contributed by atoms with Crippen molar-refractivity contribution in [3.63, 3.8) is 0 Å². The first-order chi connectivity index (χ1) is 17.3. The number of anilines is 3. The van der Waals surface area contributed by atoms with Crippen LogP contribution in [0.1, 0.15) is 13.8 Å². The first-order valence-electron chi connectivity index (χ1n) is 11.0. The fourth-order valence-corrected chi connectivity index (χ4v) is 4.84. The molecule has 13 heteroatoms. The predicted molar refractivity (Wildman–Crippen MR) is 148 cm³/mol. The van der Waals surface area contributed by atoms with Crippen molar-refractivity contribution in [3.05, 3.63) is 78.4 Å². The molecular weight excluding hydrogens is 619 g/mol. The van der Waals surface area contributed by atoms with Crippen LogP contribution in [0.15, 0.2) is 52.1 Å². The lowest BCUT2D eigenvalue weighted by molar-refractivity contribution is 0.592. The number of aromatic nitrogens is 3.